The second kappa shape index (κ2) is 6.68. The lowest BCUT2D eigenvalue weighted by Crippen LogP contribution is -2.24. The van der Waals surface area contributed by atoms with Crippen molar-refractivity contribution in [2.75, 3.05) is 0 Å². The van der Waals surface area contributed by atoms with Gasteiger partial charge < -0.3 is 15.3 Å². The molecule has 3 N–H and O–H groups in total. The predicted octanol–water partition coefficient (Wildman–Crippen LogP) is 1.99. The maximum atomic E-state index is 10.6. The first-order valence-electron chi connectivity index (χ1n) is 6.60. The molecule has 1 rings (SSSR count). The van der Waals surface area contributed by atoms with E-state index in [2.05, 4.69) is 0 Å². The number of aliphatic hydroxyl groups excluding tert-OH is 2. The van der Waals surface area contributed by atoms with Crippen LogP contribution in [0.15, 0.2) is 12.1 Å². The van der Waals surface area contributed by atoms with Gasteiger partial charge in [0.25, 0.3) is 0 Å². The summed E-state index contributed by atoms with van der Waals surface area (Å²) in [6, 6.07) is 3.95. The lowest BCUT2D eigenvalue weighted by atomic mass is 9.88. The average Bonchev–Trinajstić information content (AvgIpc) is 2.35. The van der Waals surface area contributed by atoms with Crippen LogP contribution in [0.3, 0.4) is 0 Å². The number of aliphatic carboxylic acids is 1. The zero-order chi connectivity index (χ0) is 14.6. The first kappa shape index (κ1) is 15.7. The molecule has 0 aliphatic rings. The number of rotatable bonds is 6. The molecule has 106 valence electrons. The summed E-state index contributed by atoms with van der Waals surface area (Å²) in [6.07, 6.45) is -1.42. The van der Waals surface area contributed by atoms with E-state index in [0.29, 0.717) is 5.56 Å². The van der Waals surface area contributed by atoms with Crippen molar-refractivity contribution in [3.8, 4) is 0 Å². The van der Waals surface area contributed by atoms with E-state index < -0.39 is 24.6 Å². The van der Waals surface area contributed by atoms with Crippen LogP contribution in [-0.4, -0.2) is 27.4 Å². The normalized spacial score (nSPS) is 14.2. The second-order valence-corrected chi connectivity index (χ2v) is 4.81. The van der Waals surface area contributed by atoms with Crippen LogP contribution < -0.4 is 0 Å². The zero-order valence-electron chi connectivity index (χ0n) is 11.7. The summed E-state index contributed by atoms with van der Waals surface area (Å²) in [5.41, 5.74) is 3.73. The third-order valence-corrected chi connectivity index (χ3v) is 3.30. The molecule has 19 heavy (non-hydrogen) atoms. The van der Waals surface area contributed by atoms with Crippen LogP contribution in [0.2, 0.25) is 0 Å². The van der Waals surface area contributed by atoms with Crippen LogP contribution in [-0.2, 0) is 17.6 Å². The lowest BCUT2D eigenvalue weighted by Gasteiger charge is -2.23. The Bertz CT molecular complexity index is 428. The topological polar surface area (TPSA) is 77.8 Å². The number of carboxylic acids is 1. The van der Waals surface area contributed by atoms with E-state index in [-0.39, 0.29) is 0 Å². The summed E-state index contributed by atoms with van der Waals surface area (Å²) < 4.78 is 0. The van der Waals surface area contributed by atoms with Crippen LogP contribution >= 0.6 is 0 Å². The SMILES string of the molecule is CCc1cc(C)cc(CC)c1C(O)C(O)CC(=O)O. The fourth-order valence-electron chi connectivity index (χ4n) is 2.40. The minimum absolute atomic E-state index is 0.457. The van der Waals surface area contributed by atoms with Crippen LogP contribution in [0, 0.1) is 6.92 Å². The zero-order valence-corrected chi connectivity index (χ0v) is 11.7. The highest BCUT2D eigenvalue weighted by molar-refractivity contribution is 5.67. The molecule has 1 aromatic carbocycles. The molecule has 0 fully saturated rings. The standard InChI is InChI=1S/C15H22O4/c1-4-10-6-9(3)7-11(5-2)14(10)15(19)12(16)8-13(17)18/h6-7,12,15-16,19H,4-5,8H2,1-3H3,(H,17,18). The third kappa shape index (κ3) is 3.78. The van der Waals surface area contributed by atoms with Crippen molar-refractivity contribution in [1.29, 1.82) is 0 Å². The Morgan fingerprint density at radius 2 is 1.63 bits per heavy atom. The van der Waals surface area contributed by atoms with E-state index in [4.69, 9.17) is 5.11 Å². The van der Waals surface area contributed by atoms with Crippen LogP contribution in [0.25, 0.3) is 0 Å². The Morgan fingerprint density at radius 1 is 1.16 bits per heavy atom. The summed E-state index contributed by atoms with van der Waals surface area (Å²) in [7, 11) is 0. The van der Waals surface area contributed by atoms with E-state index in [1.54, 1.807) is 0 Å². The second-order valence-electron chi connectivity index (χ2n) is 4.81. The van der Waals surface area contributed by atoms with Gasteiger partial charge in [0.05, 0.1) is 12.5 Å². The highest BCUT2D eigenvalue weighted by Crippen LogP contribution is 2.28. The van der Waals surface area contributed by atoms with Gasteiger partial charge in [-0.05, 0) is 36.5 Å². The maximum absolute atomic E-state index is 10.6. The maximum Gasteiger partial charge on any atom is 0.306 e. The van der Waals surface area contributed by atoms with Crippen LogP contribution in [0.5, 0.6) is 0 Å². The molecule has 4 nitrogen and oxygen atoms in total. The van der Waals surface area contributed by atoms with Crippen molar-refractivity contribution >= 4 is 5.97 Å². The summed E-state index contributed by atoms with van der Waals surface area (Å²) in [4.78, 5) is 10.6. The van der Waals surface area contributed by atoms with Crippen molar-refractivity contribution in [2.45, 2.75) is 52.2 Å². The molecule has 0 amide bonds. The smallest absolute Gasteiger partial charge is 0.306 e. The molecular formula is C15H22O4. The van der Waals surface area contributed by atoms with Crippen molar-refractivity contribution in [1.82, 2.24) is 0 Å². The van der Waals surface area contributed by atoms with E-state index in [1.165, 1.54) is 0 Å². The minimum Gasteiger partial charge on any atom is -0.481 e. The molecule has 0 spiro atoms. The molecule has 0 aliphatic heterocycles. The van der Waals surface area contributed by atoms with Crippen LogP contribution in [0.4, 0.5) is 0 Å². The van der Waals surface area contributed by atoms with Gasteiger partial charge in [0.1, 0.15) is 6.10 Å². The van der Waals surface area contributed by atoms with Crippen molar-refractivity contribution < 1.29 is 20.1 Å². The van der Waals surface area contributed by atoms with E-state index in [9.17, 15) is 15.0 Å². The van der Waals surface area contributed by atoms with Crippen molar-refractivity contribution in [2.24, 2.45) is 0 Å². The number of hydrogen-bond donors (Lipinski definition) is 3. The molecule has 0 aromatic heterocycles. The summed E-state index contributed by atoms with van der Waals surface area (Å²) >= 11 is 0. The summed E-state index contributed by atoms with van der Waals surface area (Å²) in [5, 5.41) is 28.8. The average molecular weight is 266 g/mol. The van der Waals surface area contributed by atoms with Gasteiger partial charge in [-0.2, -0.15) is 0 Å². The van der Waals surface area contributed by atoms with Crippen molar-refractivity contribution in [3.63, 3.8) is 0 Å². The van der Waals surface area contributed by atoms with Gasteiger partial charge >= 0.3 is 5.97 Å². The molecule has 1 aromatic rings. The number of benzene rings is 1. The summed E-state index contributed by atoms with van der Waals surface area (Å²) in [6.45, 7) is 5.95. The fourth-order valence-corrected chi connectivity index (χ4v) is 2.40. The third-order valence-electron chi connectivity index (χ3n) is 3.30. The quantitative estimate of drug-likeness (QED) is 0.736. The van der Waals surface area contributed by atoms with Gasteiger partial charge in [-0.25, -0.2) is 0 Å². The van der Waals surface area contributed by atoms with Crippen LogP contribution in [0.1, 0.15) is 48.6 Å². The van der Waals surface area contributed by atoms with Gasteiger partial charge in [0.15, 0.2) is 0 Å². The molecular weight excluding hydrogens is 244 g/mol. The Kier molecular flexibility index (Phi) is 5.51. The number of hydrogen-bond acceptors (Lipinski definition) is 3. The first-order chi connectivity index (χ1) is 8.90. The Morgan fingerprint density at radius 3 is 2.00 bits per heavy atom. The van der Waals surface area contributed by atoms with Crippen molar-refractivity contribution in [3.05, 3.63) is 34.4 Å². The van der Waals surface area contributed by atoms with E-state index in [1.807, 2.05) is 32.9 Å². The Hall–Kier alpha value is -1.39. The molecule has 0 aliphatic carbocycles. The number of carboxylic acid groups (broad SMARTS) is 1. The number of carbonyl (C=O) groups is 1. The number of aryl methyl sites for hydroxylation is 3. The van der Waals surface area contributed by atoms with Gasteiger partial charge in [0.2, 0.25) is 0 Å². The van der Waals surface area contributed by atoms with Gasteiger partial charge in [-0.1, -0.05) is 31.5 Å². The largest absolute Gasteiger partial charge is 0.481 e. The Balaban J connectivity index is 3.19. The molecule has 2 unspecified atom stereocenters. The lowest BCUT2D eigenvalue weighted by molar-refractivity contribution is -0.141. The fraction of sp³-hybridized carbons (Fsp3) is 0.533. The Labute approximate surface area is 113 Å². The van der Waals surface area contributed by atoms with Gasteiger partial charge in [-0.3, -0.25) is 4.79 Å². The molecule has 0 bridgehead atoms. The first-order valence-corrected chi connectivity index (χ1v) is 6.60. The summed E-state index contributed by atoms with van der Waals surface area (Å²) in [5.74, 6) is -1.12. The molecule has 0 heterocycles. The molecule has 0 radical (unpaired) electrons. The van der Waals surface area contributed by atoms with Gasteiger partial charge in [0, 0.05) is 0 Å². The molecule has 0 saturated carbocycles. The molecule has 2 atom stereocenters. The minimum atomic E-state index is -1.28. The van der Waals surface area contributed by atoms with E-state index >= 15 is 0 Å². The highest BCUT2D eigenvalue weighted by atomic mass is 16.4. The van der Waals surface area contributed by atoms with Gasteiger partial charge in [-0.15, -0.1) is 0 Å². The van der Waals surface area contributed by atoms with E-state index in [0.717, 1.165) is 29.5 Å². The monoisotopic (exact) mass is 266 g/mol. The molecule has 0 saturated heterocycles. The number of aliphatic hydroxyl groups is 2. The highest BCUT2D eigenvalue weighted by Gasteiger charge is 2.25. The predicted molar refractivity (Wildman–Crippen MR) is 73.2 cm³/mol. The molecule has 4 heteroatoms.